The summed E-state index contributed by atoms with van der Waals surface area (Å²) in [7, 11) is 1.12. The molecule has 36 heavy (non-hydrogen) atoms. The van der Waals surface area contributed by atoms with E-state index in [1.165, 1.54) is 6.08 Å². The first-order valence-electron chi connectivity index (χ1n) is 12.2. The summed E-state index contributed by atoms with van der Waals surface area (Å²) in [4.78, 5) is 52.0. The van der Waals surface area contributed by atoms with Crippen molar-refractivity contribution in [2.75, 3.05) is 13.7 Å². The molecule has 4 fully saturated rings. The van der Waals surface area contributed by atoms with Crippen LogP contribution in [0.15, 0.2) is 23.3 Å². The lowest BCUT2D eigenvalue weighted by atomic mass is 9.38. The van der Waals surface area contributed by atoms with Gasteiger partial charge in [0.25, 0.3) is 0 Å². The van der Waals surface area contributed by atoms with Crippen molar-refractivity contribution in [3.63, 3.8) is 0 Å². The zero-order valence-corrected chi connectivity index (χ0v) is 21.0. The summed E-state index contributed by atoms with van der Waals surface area (Å²) in [5.41, 5.74) is -2.77. The van der Waals surface area contributed by atoms with Crippen LogP contribution in [0, 0.1) is 28.6 Å². The van der Waals surface area contributed by atoms with E-state index in [1.54, 1.807) is 19.9 Å². The zero-order valence-electron chi connectivity index (χ0n) is 21.0. The molecule has 0 aromatic heterocycles. The van der Waals surface area contributed by atoms with Crippen LogP contribution >= 0.6 is 0 Å². The highest BCUT2D eigenvalue weighted by molar-refractivity contribution is 5.93. The first-order valence-corrected chi connectivity index (χ1v) is 12.2. The van der Waals surface area contributed by atoms with E-state index in [9.17, 15) is 29.4 Å². The third-order valence-corrected chi connectivity index (χ3v) is 9.28. The van der Waals surface area contributed by atoms with Crippen LogP contribution in [-0.4, -0.2) is 77.6 Å². The summed E-state index contributed by atoms with van der Waals surface area (Å²) in [6.45, 7) is 6.94. The van der Waals surface area contributed by atoms with Crippen molar-refractivity contribution >= 4 is 23.7 Å². The Morgan fingerprint density at radius 3 is 2.53 bits per heavy atom. The van der Waals surface area contributed by atoms with Crippen LogP contribution in [0.3, 0.4) is 0 Å². The lowest BCUT2D eigenvalue weighted by Crippen LogP contribution is -2.79. The van der Waals surface area contributed by atoms with Gasteiger partial charge >= 0.3 is 17.9 Å². The minimum Gasteiger partial charge on any atom is -0.467 e. The molecule has 3 aliphatic carbocycles. The second-order valence-electron chi connectivity index (χ2n) is 11.4. The number of ketones is 1. The van der Waals surface area contributed by atoms with Crippen molar-refractivity contribution in [1.29, 1.82) is 0 Å². The third kappa shape index (κ3) is 2.95. The molecule has 0 aromatic rings. The van der Waals surface area contributed by atoms with Crippen LogP contribution in [0.1, 0.15) is 40.5 Å². The SMILES string of the molecule is COC(=O)[C@@]12OCC34C([C@@H](O)[C@@H]1O)[C@@]1(C)CC(=O)C=C(C)[C@@H]1C[C@H]3OC(=O)[C@H](OC(=O)C=C(C)C)[C@H]42. The molecule has 0 amide bonds. The number of esters is 3. The molecule has 196 valence electrons. The van der Waals surface area contributed by atoms with Crippen molar-refractivity contribution in [3.05, 3.63) is 23.3 Å². The van der Waals surface area contributed by atoms with Crippen LogP contribution in [0.4, 0.5) is 0 Å². The lowest BCUT2D eigenvalue weighted by Gasteiger charge is -2.67. The fraction of sp³-hybridized carbons (Fsp3) is 0.692. The molecule has 2 bridgehead atoms. The lowest BCUT2D eigenvalue weighted by molar-refractivity contribution is -0.289. The minimum absolute atomic E-state index is 0.103. The molecule has 10 heteroatoms. The van der Waals surface area contributed by atoms with Crippen LogP contribution in [0.2, 0.25) is 0 Å². The maximum atomic E-state index is 13.4. The monoisotopic (exact) mass is 504 g/mol. The normalized spacial score (nSPS) is 46.5. The number of carbonyl (C=O) groups excluding carboxylic acids is 4. The van der Waals surface area contributed by atoms with E-state index < -0.39 is 70.6 Å². The van der Waals surface area contributed by atoms with E-state index in [0.717, 1.165) is 12.7 Å². The van der Waals surface area contributed by atoms with Crippen LogP contribution in [-0.2, 0) is 38.1 Å². The van der Waals surface area contributed by atoms with E-state index in [2.05, 4.69) is 0 Å². The number of aliphatic hydroxyl groups is 2. The summed E-state index contributed by atoms with van der Waals surface area (Å²) in [6.07, 6.45) is -2.47. The number of rotatable bonds is 3. The Labute approximate surface area is 208 Å². The number of hydrogen-bond acceptors (Lipinski definition) is 10. The van der Waals surface area contributed by atoms with Crippen LogP contribution in [0.5, 0.6) is 0 Å². The number of allylic oxidation sites excluding steroid dienone is 3. The quantitative estimate of drug-likeness (QED) is 0.319. The fourth-order valence-electron chi connectivity index (χ4n) is 8.25. The van der Waals surface area contributed by atoms with Gasteiger partial charge in [-0.2, -0.15) is 0 Å². The molecule has 10 nitrogen and oxygen atoms in total. The molecule has 2 heterocycles. The Kier molecular flexibility index (Phi) is 5.56. The van der Waals surface area contributed by atoms with E-state index >= 15 is 0 Å². The Hall–Kier alpha value is -2.56. The molecular weight excluding hydrogens is 472 g/mol. The summed E-state index contributed by atoms with van der Waals surface area (Å²) in [6, 6.07) is 0. The third-order valence-electron chi connectivity index (χ3n) is 9.28. The van der Waals surface area contributed by atoms with Gasteiger partial charge in [0.05, 0.1) is 25.7 Å². The van der Waals surface area contributed by atoms with Gasteiger partial charge in [-0.25, -0.2) is 14.4 Å². The zero-order chi connectivity index (χ0) is 26.4. The summed E-state index contributed by atoms with van der Waals surface area (Å²) >= 11 is 0. The first kappa shape index (κ1) is 25.1. The van der Waals surface area contributed by atoms with Gasteiger partial charge in [-0.15, -0.1) is 0 Å². The first-order chi connectivity index (χ1) is 16.8. The molecule has 2 saturated heterocycles. The van der Waals surface area contributed by atoms with Gasteiger partial charge < -0.3 is 29.2 Å². The number of hydrogen-bond donors (Lipinski definition) is 2. The standard InChI is InChI=1S/C26H32O10/c1-11(2)6-16(28)36-18-20-25-10-34-26(20,23(32)33-5)21(30)17(29)19(25)24(4)9-13(27)7-12(3)14(24)8-15(25)35-22(18)31/h6-7,14-15,17-21,29-30H,8-10H2,1-5H3/t14-,15+,17+,18+,19?,20+,21-,24-,25?,26-/m0/s1. The second kappa shape index (κ2) is 7.97. The number of fused-ring (bicyclic) bond motifs is 2. The summed E-state index contributed by atoms with van der Waals surface area (Å²) in [5, 5.41) is 23.1. The fourth-order valence-corrected chi connectivity index (χ4v) is 8.25. The van der Waals surface area contributed by atoms with Gasteiger partial charge in [-0.1, -0.05) is 18.1 Å². The molecule has 2 N–H and O–H groups in total. The average molecular weight is 505 g/mol. The smallest absolute Gasteiger partial charge is 0.348 e. The highest BCUT2D eigenvalue weighted by Gasteiger charge is 2.85. The van der Waals surface area contributed by atoms with E-state index in [-0.39, 0.29) is 24.7 Å². The Balaban J connectivity index is 1.73. The molecular formula is C26H32O10. The summed E-state index contributed by atoms with van der Waals surface area (Å²) in [5.74, 6) is -4.97. The maximum absolute atomic E-state index is 13.4. The van der Waals surface area contributed by atoms with Crippen molar-refractivity contribution < 1.29 is 48.3 Å². The van der Waals surface area contributed by atoms with Crippen molar-refractivity contribution in [2.45, 2.75) is 70.6 Å². The Morgan fingerprint density at radius 2 is 1.89 bits per heavy atom. The van der Waals surface area contributed by atoms with Crippen molar-refractivity contribution in [3.8, 4) is 0 Å². The van der Waals surface area contributed by atoms with E-state index in [0.29, 0.717) is 12.0 Å². The number of aliphatic hydroxyl groups excluding tert-OH is 2. The van der Waals surface area contributed by atoms with Crippen LogP contribution < -0.4 is 0 Å². The predicted octanol–water partition coefficient (Wildman–Crippen LogP) is 0.631. The number of carbonyl (C=O) groups is 4. The van der Waals surface area contributed by atoms with Gasteiger partial charge in [0.1, 0.15) is 12.2 Å². The molecule has 5 aliphatic rings. The molecule has 2 aliphatic heterocycles. The molecule has 2 saturated carbocycles. The molecule has 0 radical (unpaired) electrons. The van der Waals surface area contributed by atoms with Gasteiger partial charge in [0.15, 0.2) is 5.78 Å². The Morgan fingerprint density at radius 1 is 1.19 bits per heavy atom. The predicted molar refractivity (Wildman–Crippen MR) is 121 cm³/mol. The number of methoxy groups -OCH3 is 1. The largest absolute Gasteiger partial charge is 0.467 e. The second-order valence-corrected chi connectivity index (χ2v) is 11.4. The summed E-state index contributed by atoms with van der Waals surface area (Å²) < 4.78 is 22.6. The maximum Gasteiger partial charge on any atom is 0.348 e. The molecule has 10 atom stereocenters. The molecule has 2 unspecified atom stereocenters. The van der Waals surface area contributed by atoms with E-state index in [4.69, 9.17) is 18.9 Å². The minimum atomic E-state index is -2.16. The van der Waals surface area contributed by atoms with Crippen molar-refractivity contribution in [1.82, 2.24) is 0 Å². The highest BCUT2D eigenvalue weighted by atomic mass is 16.6. The Bertz CT molecular complexity index is 1100. The average Bonchev–Trinajstić information content (AvgIpc) is 3.08. The van der Waals surface area contributed by atoms with Crippen molar-refractivity contribution in [2.24, 2.45) is 28.6 Å². The molecule has 1 spiro atoms. The van der Waals surface area contributed by atoms with Gasteiger partial charge in [0, 0.05) is 23.8 Å². The molecule has 5 rings (SSSR count). The van der Waals surface area contributed by atoms with Crippen LogP contribution in [0.25, 0.3) is 0 Å². The highest BCUT2D eigenvalue weighted by Crippen LogP contribution is 2.72. The van der Waals surface area contributed by atoms with Gasteiger partial charge in [-0.3, -0.25) is 4.79 Å². The van der Waals surface area contributed by atoms with E-state index in [1.807, 2.05) is 13.8 Å². The topological polar surface area (TPSA) is 146 Å². The number of ether oxygens (including phenoxy) is 4. The van der Waals surface area contributed by atoms with Gasteiger partial charge in [-0.05, 0) is 44.6 Å². The van der Waals surface area contributed by atoms with Gasteiger partial charge in [0.2, 0.25) is 11.7 Å². The molecule has 0 aromatic carbocycles.